The minimum atomic E-state index is -0.419. The molecule has 0 saturated carbocycles. The molecular weight excluding hydrogens is 430 g/mol. The van der Waals surface area contributed by atoms with Gasteiger partial charge in [0.25, 0.3) is 0 Å². The molecule has 3 rings (SSSR count). The summed E-state index contributed by atoms with van der Waals surface area (Å²) in [7, 11) is 0. The zero-order valence-corrected chi connectivity index (χ0v) is 17.1. The molecule has 27 heavy (non-hydrogen) atoms. The largest absolute Gasteiger partial charge is 0.459 e. The number of rotatable bonds is 5. The number of nitrogens with zero attached hydrogens (tertiary/aromatic N) is 1. The highest BCUT2D eigenvalue weighted by molar-refractivity contribution is 9.10. The van der Waals surface area contributed by atoms with Crippen LogP contribution in [0.1, 0.15) is 30.0 Å². The number of benzene rings is 2. The topological polar surface area (TPSA) is 51.8 Å². The molecule has 0 atom stereocenters. The van der Waals surface area contributed by atoms with Crippen molar-refractivity contribution in [2.75, 3.05) is 0 Å². The molecule has 138 valence electrons. The molecule has 0 aliphatic heterocycles. The minimum absolute atomic E-state index is 0.217. The Morgan fingerprint density at radius 2 is 2.00 bits per heavy atom. The van der Waals surface area contributed by atoms with Crippen LogP contribution in [0.25, 0.3) is 11.3 Å². The number of ether oxygens (including phenoxy) is 1. The second-order valence-corrected chi connectivity index (χ2v) is 7.44. The zero-order valence-electron chi connectivity index (χ0n) is 14.8. The Labute approximate surface area is 171 Å². The van der Waals surface area contributed by atoms with Crippen molar-refractivity contribution in [3.05, 3.63) is 75.4 Å². The minimum Gasteiger partial charge on any atom is -0.459 e. The molecule has 6 heteroatoms. The predicted molar refractivity (Wildman–Crippen MR) is 111 cm³/mol. The second kappa shape index (κ2) is 8.55. The third-order valence-electron chi connectivity index (χ3n) is 3.59. The number of hydrogen-bond donors (Lipinski definition) is 0. The molecule has 0 unspecified atom stereocenters. The number of hydrogen-bond acceptors (Lipinski definition) is 4. The van der Waals surface area contributed by atoms with Gasteiger partial charge in [0.15, 0.2) is 0 Å². The van der Waals surface area contributed by atoms with Crippen LogP contribution in [0.3, 0.4) is 0 Å². The first-order valence-electron chi connectivity index (χ1n) is 8.33. The Hall–Kier alpha value is -2.37. The first-order chi connectivity index (χ1) is 12.9. The summed E-state index contributed by atoms with van der Waals surface area (Å²) in [5.74, 6) is 0.662. The van der Waals surface area contributed by atoms with E-state index < -0.39 is 5.97 Å². The summed E-state index contributed by atoms with van der Waals surface area (Å²) >= 11 is 9.53. The molecule has 0 radical (unpaired) electrons. The Kier molecular flexibility index (Phi) is 6.14. The van der Waals surface area contributed by atoms with E-state index in [-0.39, 0.29) is 6.10 Å². The van der Waals surface area contributed by atoms with Gasteiger partial charge in [-0.2, -0.15) is 0 Å². The van der Waals surface area contributed by atoms with Gasteiger partial charge in [0.1, 0.15) is 11.5 Å². The van der Waals surface area contributed by atoms with Crippen molar-refractivity contribution in [2.24, 2.45) is 4.99 Å². The molecule has 0 bridgehead atoms. The van der Waals surface area contributed by atoms with Crippen LogP contribution in [-0.4, -0.2) is 18.3 Å². The monoisotopic (exact) mass is 445 g/mol. The van der Waals surface area contributed by atoms with Gasteiger partial charge in [-0.05, 0) is 62.4 Å². The smallest absolute Gasteiger partial charge is 0.339 e. The molecular formula is C21H17BrClNO3. The Morgan fingerprint density at radius 3 is 2.74 bits per heavy atom. The van der Waals surface area contributed by atoms with Gasteiger partial charge < -0.3 is 9.15 Å². The van der Waals surface area contributed by atoms with E-state index >= 15 is 0 Å². The van der Waals surface area contributed by atoms with Gasteiger partial charge >= 0.3 is 5.97 Å². The summed E-state index contributed by atoms with van der Waals surface area (Å²) in [5, 5.41) is 0.506. The summed E-state index contributed by atoms with van der Waals surface area (Å²) in [6.45, 7) is 3.60. The Morgan fingerprint density at radius 1 is 1.19 bits per heavy atom. The first-order valence-corrected chi connectivity index (χ1v) is 9.50. The highest BCUT2D eigenvalue weighted by atomic mass is 79.9. The van der Waals surface area contributed by atoms with E-state index in [1.807, 2.05) is 24.3 Å². The zero-order chi connectivity index (χ0) is 19.4. The average Bonchev–Trinajstić information content (AvgIpc) is 3.08. The van der Waals surface area contributed by atoms with Crippen LogP contribution >= 0.6 is 27.5 Å². The molecule has 0 saturated heterocycles. The van der Waals surface area contributed by atoms with Crippen molar-refractivity contribution in [1.82, 2.24) is 0 Å². The highest BCUT2D eigenvalue weighted by Crippen LogP contribution is 2.29. The summed E-state index contributed by atoms with van der Waals surface area (Å²) in [4.78, 5) is 16.8. The van der Waals surface area contributed by atoms with Crippen LogP contribution in [-0.2, 0) is 4.74 Å². The molecule has 0 amide bonds. The fraction of sp³-hybridized carbons (Fsp3) is 0.143. The molecule has 0 N–H and O–H groups in total. The predicted octanol–water partition coefficient (Wildman–Crippen LogP) is 6.68. The molecule has 3 aromatic rings. The van der Waals surface area contributed by atoms with E-state index in [2.05, 4.69) is 20.9 Å². The standard InChI is InChI=1S/C21H17BrClNO3/c1-13(2)26-21(25)18-8-6-15(23)11-19(18)20-9-7-17(27-20)12-24-16-5-3-4-14(22)10-16/h3-13H,1-2H3. The van der Waals surface area contributed by atoms with Gasteiger partial charge in [-0.3, -0.25) is 4.99 Å². The Balaban J connectivity index is 1.90. The van der Waals surface area contributed by atoms with Crippen LogP contribution in [0.2, 0.25) is 5.02 Å². The van der Waals surface area contributed by atoms with Crippen molar-refractivity contribution in [3.63, 3.8) is 0 Å². The lowest BCUT2D eigenvalue weighted by Gasteiger charge is -2.11. The van der Waals surface area contributed by atoms with Crippen LogP contribution in [0.15, 0.2) is 68.5 Å². The molecule has 0 aliphatic carbocycles. The van der Waals surface area contributed by atoms with Gasteiger partial charge in [-0.1, -0.05) is 33.6 Å². The number of carbonyl (C=O) groups excluding carboxylic acids is 1. The molecule has 1 heterocycles. The maximum atomic E-state index is 12.4. The molecule has 0 aliphatic rings. The van der Waals surface area contributed by atoms with E-state index in [1.54, 1.807) is 50.4 Å². The van der Waals surface area contributed by atoms with Crippen molar-refractivity contribution < 1.29 is 13.9 Å². The van der Waals surface area contributed by atoms with Gasteiger partial charge in [-0.25, -0.2) is 4.79 Å². The number of carbonyl (C=O) groups is 1. The average molecular weight is 447 g/mol. The summed E-state index contributed by atoms with van der Waals surface area (Å²) < 4.78 is 12.1. The van der Waals surface area contributed by atoms with Crippen molar-refractivity contribution in [2.45, 2.75) is 20.0 Å². The Bertz CT molecular complexity index is 995. The van der Waals surface area contributed by atoms with Crippen LogP contribution in [0.4, 0.5) is 5.69 Å². The molecule has 1 aromatic heterocycles. The third kappa shape index (κ3) is 5.08. The number of furan rings is 1. The normalized spacial score (nSPS) is 11.3. The number of halogens is 2. The first kappa shape index (κ1) is 19.4. The lowest BCUT2D eigenvalue weighted by Crippen LogP contribution is -2.12. The summed E-state index contributed by atoms with van der Waals surface area (Å²) in [6, 6.07) is 16.2. The van der Waals surface area contributed by atoms with Crippen LogP contribution in [0, 0.1) is 0 Å². The molecule has 0 fully saturated rings. The highest BCUT2D eigenvalue weighted by Gasteiger charge is 2.18. The fourth-order valence-electron chi connectivity index (χ4n) is 2.44. The maximum Gasteiger partial charge on any atom is 0.339 e. The van der Waals surface area contributed by atoms with Crippen LogP contribution < -0.4 is 0 Å². The number of aliphatic imine (C=N–C) groups is 1. The van der Waals surface area contributed by atoms with Crippen molar-refractivity contribution in [1.29, 1.82) is 0 Å². The van der Waals surface area contributed by atoms with Gasteiger partial charge in [0.2, 0.25) is 0 Å². The van der Waals surface area contributed by atoms with E-state index in [0.717, 1.165) is 10.2 Å². The van der Waals surface area contributed by atoms with E-state index in [9.17, 15) is 4.79 Å². The lowest BCUT2D eigenvalue weighted by atomic mass is 10.1. The molecule has 2 aromatic carbocycles. The second-order valence-electron chi connectivity index (χ2n) is 6.08. The van der Waals surface area contributed by atoms with Crippen molar-refractivity contribution in [3.8, 4) is 11.3 Å². The van der Waals surface area contributed by atoms with Crippen LogP contribution in [0.5, 0.6) is 0 Å². The maximum absolute atomic E-state index is 12.4. The quantitative estimate of drug-likeness (QED) is 0.324. The van der Waals surface area contributed by atoms with Gasteiger partial charge in [0, 0.05) is 15.1 Å². The van der Waals surface area contributed by atoms with E-state index in [1.165, 1.54) is 0 Å². The fourth-order valence-corrected chi connectivity index (χ4v) is 3.00. The SMILES string of the molecule is CC(C)OC(=O)c1ccc(Cl)cc1-c1ccc(C=Nc2cccc(Br)c2)o1. The van der Waals surface area contributed by atoms with E-state index in [0.29, 0.717) is 27.7 Å². The van der Waals surface area contributed by atoms with E-state index in [4.69, 9.17) is 20.8 Å². The number of esters is 1. The van der Waals surface area contributed by atoms with Gasteiger partial charge in [0.05, 0.1) is 23.6 Å². The summed E-state index contributed by atoms with van der Waals surface area (Å²) in [5.41, 5.74) is 1.78. The lowest BCUT2D eigenvalue weighted by molar-refractivity contribution is 0.0378. The molecule has 0 spiro atoms. The summed E-state index contributed by atoms with van der Waals surface area (Å²) in [6.07, 6.45) is 1.41. The molecule has 4 nitrogen and oxygen atoms in total. The van der Waals surface area contributed by atoms with Crippen molar-refractivity contribution >= 4 is 45.4 Å². The third-order valence-corrected chi connectivity index (χ3v) is 4.31. The van der Waals surface area contributed by atoms with Gasteiger partial charge in [-0.15, -0.1) is 0 Å².